The lowest BCUT2D eigenvalue weighted by atomic mass is 10.2. The fourth-order valence-electron chi connectivity index (χ4n) is 1.70. The lowest BCUT2D eigenvalue weighted by molar-refractivity contribution is 0.0697. The van der Waals surface area contributed by atoms with E-state index in [4.69, 9.17) is 10.2 Å². The normalized spacial score (nSPS) is 15.1. The zero-order chi connectivity index (χ0) is 14.8. The zero-order valence-electron chi connectivity index (χ0n) is 10.7. The molecule has 110 valence electrons. The fourth-order valence-corrected chi connectivity index (χ4v) is 2.75. The molecule has 1 saturated carbocycles. The van der Waals surface area contributed by atoms with E-state index in [9.17, 15) is 13.2 Å². The van der Waals surface area contributed by atoms with Gasteiger partial charge in [-0.2, -0.15) is 0 Å². The van der Waals surface area contributed by atoms with E-state index in [1.807, 2.05) is 0 Å². The molecular formula is C12H16N2O5S. The summed E-state index contributed by atoms with van der Waals surface area (Å²) in [5.74, 6) is -1.19. The zero-order valence-corrected chi connectivity index (χ0v) is 11.5. The molecule has 7 nitrogen and oxygen atoms in total. The van der Waals surface area contributed by atoms with Gasteiger partial charge >= 0.3 is 5.97 Å². The lowest BCUT2D eigenvalue weighted by Crippen LogP contribution is -2.27. The van der Waals surface area contributed by atoms with Gasteiger partial charge < -0.3 is 15.5 Å². The first-order valence-electron chi connectivity index (χ1n) is 6.18. The van der Waals surface area contributed by atoms with Gasteiger partial charge in [-0.25, -0.2) is 17.9 Å². The van der Waals surface area contributed by atoms with Crippen molar-refractivity contribution in [3.63, 3.8) is 0 Å². The molecule has 0 bridgehead atoms. The van der Waals surface area contributed by atoms with Gasteiger partial charge in [0.2, 0.25) is 10.0 Å². The number of carbonyl (C=O) groups is 1. The highest BCUT2D eigenvalue weighted by Gasteiger charge is 2.24. The van der Waals surface area contributed by atoms with Crippen LogP contribution in [0.15, 0.2) is 23.1 Å². The van der Waals surface area contributed by atoms with E-state index < -0.39 is 16.0 Å². The van der Waals surface area contributed by atoms with E-state index in [2.05, 4.69) is 10.0 Å². The maximum absolute atomic E-state index is 11.9. The highest BCUT2D eigenvalue weighted by atomic mass is 32.2. The molecule has 0 aromatic heterocycles. The molecule has 0 spiro atoms. The Morgan fingerprint density at radius 3 is 2.60 bits per heavy atom. The molecule has 8 heteroatoms. The molecule has 0 radical (unpaired) electrons. The SMILES string of the molecule is O=C(O)c1cc(S(=O)(=O)NCCO)ccc1NC1CC1. The Hall–Kier alpha value is -1.64. The number of hydrogen-bond acceptors (Lipinski definition) is 5. The smallest absolute Gasteiger partial charge is 0.337 e. The fraction of sp³-hybridized carbons (Fsp3) is 0.417. The van der Waals surface area contributed by atoms with Gasteiger partial charge in [-0.1, -0.05) is 0 Å². The van der Waals surface area contributed by atoms with Crippen LogP contribution in [0.5, 0.6) is 0 Å². The molecule has 1 aliphatic carbocycles. The molecule has 0 atom stereocenters. The van der Waals surface area contributed by atoms with Crippen molar-refractivity contribution in [2.24, 2.45) is 0 Å². The Labute approximate surface area is 116 Å². The average molecular weight is 300 g/mol. The molecule has 0 unspecified atom stereocenters. The first kappa shape index (κ1) is 14.8. The summed E-state index contributed by atoms with van der Waals surface area (Å²) in [6.45, 7) is -0.445. The van der Waals surface area contributed by atoms with E-state index in [1.165, 1.54) is 12.1 Å². The molecular weight excluding hydrogens is 284 g/mol. The number of hydrogen-bond donors (Lipinski definition) is 4. The summed E-state index contributed by atoms with van der Waals surface area (Å²) in [7, 11) is -3.81. The summed E-state index contributed by atoms with van der Waals surface area (Å²) in [6, 6.07) is 4.18. The lowest BCUT2D eigenvalue weighted by Gasteiger charge is -2.11. The molecule has 1 aromatic rings. The highest BCUT2D eigenvalue weighted by Crippen LogP contribution is 2.28. The van der Waals surface area contributed by atoms with E-state index in [-0.39, 0.29) is 29.7 Å². The Kier molecular flexibility index (Phi) is 4.26. The number of aliphatic hydroxyl groups is 1. The van der Waals surface area contributed by atoms with Crippen LogP contribution in [0.3, 0.4) is 0 Å². The Morgan fingerprint density at radius 2 is 2.05 bits per heavy atom. The van der Waals surface area contributed by atoms with Gasteiger partial charge in [0.25, 0.3) is 0 Å². The molecule has 0 heterocycles. The van der Waals surface area contributed by atoms with Gasteiger partial charge in [0.1, 0.15) is 0 Å². The van der Waals surface area contributed by atoms with Crippen molar-refractivity contribution >= 4 is 21.7 Å². The summed E-state index contributed by atoms with van der Waals surface area (Å²) in [5.41, 5.74) is 0.338. The van der Waals surface area contributed by atoms with Crippen molar-refractivity contribution in [1.29, 1.82) is 0 Å². The minimum atomic E-state index is -3.81. The summed E-state index contributed by atoms with van der Waals surface area (Å²) >= 11 is 0. The second kappa shape index (κ2) is 5.78. The van der Waals surface area contributed by atoms with Gasteiger partial charge in [0, 0.05) is 18.3 Å². The molecule has 1 aliphatic rings. The van der Waals surface area contributed by atoms with Crippen molar-refractivity contribution in [2.75, 3.05) is 18.5 Å². The topological polar surface area (TPSA) is 116 Å². The number of carboxylic acids is 1. The number of benzene rings is 1. The monoisotopic (exact) mass is 300 g/mol. The number of rotatable bonds is 7. The molecule has 1 fully saturated rings. The summed E-state index contributed by atoms with van der Waals surface area (Å²) in [6.07, 6.45) is 1.97. The van der Waals surface area contributed by atoms with Crippen LogP contribution in [-0.2, 0) is 10.0 Å². The van der Waals surface area contributed by atoms with Crippen LogP contribution in [0.4, 0.5) is 5.69 Å². The third kappa shape index (κ3) is 3.47. The third-order valence-corrected chi connectivity index (χ3v) is 4.33. The van der Waals surface area contributed by atoms with Crippen molar-refractivity contribution < 1.29 is 23.4 Å². The summed E-state index contributed by atoms with van der Waals surface area (Å²) in [4.78, 5) is 11.1. The van der Waals surface area contributed by atoms with Gasteiger partial charge in [-0.15, -0.1) is 0 Å². The van der Waals surface area contributed by atoms with Crippen molar-refractivity contribution in [1.82, 2.24) is 4.72 Å². The standard InChI is InChI=1S/C12H16N2O5S/c15-6-5-13-20(18,19)9-3-4-11(14-8-1-2-8)10(7-9)12(16)17/h3-4,7-8,13-15H,1-2,5-6H2,(H,16,17). The van der Waals surface area contributed by atoms with Crippen LogP contribution in [0.25, 0.3) is 0 Å². The van der Waals surface area contributed by atoms with Gasteiger partial charge in [0.05, 0.1) is 17.1 Å². The summed E-state index contributed by atoms with van der Waals surface area (Å²) < 4.78 is 25.9. The minimum absolute atomic E-state index is 0.0798. The molecule has 1 aromatic carbocycles. The molecule has 0 amide bonds. The number of nitrogens with one attached hydrogen (secondary N) is 2. The highest BCUT2D eigenvalue weighted by molar-refractivity contribution is 7.89. The van der Waals surface area contributed by atoms with Crippen molar-refractivity contribution in [2.45, 2.75) is 23.8 Å². The van der Waals surface area contributed by atoms with Gasteiger partial charge in [-0.05, 0) is 31.0 Å². The predicted octanol–water partition coefficient (Wildman–Crippen LogP) is 0.230. The van der Waals surface area contributed by atoms with Crippen LogP contribution >= 0.6 is 0 Å². The Morgan fingerprint density at radius 1 is 1.35 bits per heavy atom. The number of sulfonamides is 1. The maximum atomic E-state index is 11.9. The number of aromatic carboxylic acids is 1. The quantitative estimate of drug-likeness (QED) is 0.573. The number of aliphatic hydroxyl groups excluding tert-OH is 1. The van der Waals surface area contributed by atoms with Crippen LogP contribution in [0.2, 0.25) is 0 Å². The molecule has 4 N–H and O–H groups in total. The van der Waals surface area contributed by atoms with Crippen molar-refractivity contribution in [3.8, 4) is 0 Å². The Balaban J connectivity index is 2.31. The summed E-state index contributed by atoms with van der Waals surface area (Å²) in [5, 5.41) is 20.9. The molecule has 20 heavy (non-hydrogen) atoms. The number of carboxylic acid groups (broad SMARTS) is 1. The molecule has 0 aliphatic heterocycles. The number of anilines is 1. The first-order valence-corrected chi connectivity index (χ1v) is 7.67. The van der Waals surface area contributed by atoms with E-state index >= 15 is 0 Å². The average Bonchev–Trinajstić information content (AvgIpc) is 3.20. The largest absolute Gasteiger partial charge is 0.478 e. The van der Waals surface area contributed by atoms with Crippen LogP contribution in [0, 0.1) is 0 Å². The van der Waals surface area contributed by atoms with E-state index in [0.717, 1.165) is 18.9 Å². The minimum Gasteiger partial charge on any atom is -0.478 e. The predicted molar refractivity (Wildman–Crippen MR) is 72.3 cm³/mol. The molecule has 0 saturated heterocycles. The van der Waals surface area contributed by atoms with Crippen LogP contribution in [0.1, 0.15) is 23.2 Å². The van der Waals surface area contributed by atoms with Crippen LogP contribution < -0.4 is 10.0 Å². The maximum Gasteiger partial charge on any atom is 0.337 e. The van der Waals surface area contributed by atoms with Crippen LogP contribution in [-0.4, -0.2) is 43.8 Å². The first-order chi connectivity index (χ1) is 9.44. The second-order valence-corrected chi connectivity index (χ2v) is 6.32. The van der Waals surface area contributed by atoms with E-state index in [1.54, 1.807) is 0 Å². The molecule has 2 rings (SSSR count). The van der Waals surface area contributed by atoms with Gasteiger partial charge in [-0.3, -0.25) is 0 Å². The second-order valence-electron chi connectivity index (χ2n) is 4.55. The van der Waals surface area contributed by atoms with E-state index in [0.29, 0.717) is 5.69 Å². The van der Waals surface area contributed by atoms with Crippen molar-refractivity contribution in [3.05, 3.63) is 23.8 Å². The Bertz CT molecular complexity index is 610. The third-order valence-electron chi connectivity index (χ3n) is 2.87. The van der Waals surface area contributed by atoms with Gasteiger partial charge in [0.15, 0.2) is 0 Å².